The highest BCUT2D eigenvalue weighted by Gasteiger charge is 2.10. The van der Waals surface area contributed by atoms with Crippen LogP contribution in [0.25, 0.3) is 0 Å². The molecule has 0 aliphatic heterocycles. The Labute approximate surface area is 122 Å². The average molecular weight is 297 g/mol. The fraction of sp³-hybridized carbons (Fsp3) is 0.214. The van der Waals surface area contributed by atoms with Crippen molar-refractivity contribution in [3.63, 3.8) is 0 Å². The molecule has 2 N–H and O–H groups in total. The van der Waals surface area contributed by atoms with Crippen molar-refractivity contribution in [1.29, 1.82) is 0 Å². The molecule has 0 amide bonds. The highest BCUT2D eigenvalue weighted by Crippen LogP contribution is 2.28. The van der Waals surface area contributed by atoms with E-state index in [1.54, 1.807) is 18.5 Å². The molecule has 0 aliphatic rings. The van der Waals surface area contributed by atoms with Gasteiger partial charge in [0.05, 0.1) is 5.02 Å². The molecule has 0 saturated heterocycles. The Morgan fingerprint density at radius 2 is 2.11 bits per heavy atom. The van der Waals surface area contributed by atoms with Gasteiger partial charge < -0.3 is 10.5 Å². The van der Waals surface area contributed by atoms with Crippen LogP contribution in [0, 0.1) is 0 Å². The summed E-state index contributed by atoms with van der Waals surface area (Å²) >= 11 is 12.0. The van der Waals surface area contributed by atoms with Gasteiger partial charge in [-0.1, -0.05) is 23.2 Å². The summed E-state index contributed by atoms with van der Waals surface area (Å²) in [5, 5.41) is 1.22. The zero-order chi connectivity index (χ0) is 13.8. The summed E-state index contributed by atoms with van der Waals surface area (Å²) in [6, 6.07) is 7.08. The van der Waals surface area contributed by atoms with E-state index >= 15 is 0 Å². The lowest BCUT2D eigenvalue weighted by atomic mass is 10.1. The maximum Gasteiger partial charge on any atom is 0.124 e. The van der Waals surface area contributed by atoms with Crippen molar-refractivity contribution >= 4 is 23.2 Å². The molecule has 0 fully saturated rings. The molecule has 0 spiro atoms. The summed E-state index contributed by atoms with van der Waals surface area (Å²) in [5.74, 6) is 0.715. The molecule has 1 heterocycles. The molecule has 19 heavy (non-hydrogen) atoms. The highest BCUT2D eigenvalue weighted by atomic mass is 35.5. The summed E-state index contributed by atoms with van der Waals surface area (Å²) in [6.07, 6.45) is 3.27. The number of halogens is 2. The molecule has 1 atom stereocenters. The predicted octanol–water partition coefficient (Wildman–Crippen LogP) is 3.99. The fourth-order valence-corrected chi connectivity index (χ4v) is 2.04. The Morgan fingerprint density at radius 1 is 1.32 bits per heavy atom. The van der Waals surface area contributed by atoms with Crippen LogP contribution in [0.2, 0.25) is 10.0 Å². The number of rotatable bonds is 4. The van der Waals surface area contributed by atoms with E-state index in [0.717, 1.165) is 11.1 Å². The number of hydrogen-bond acceptors (Lipinski definition) is 3. The van der Waals surface area contributed by atoms with Crippen LogP contribution < -0.4 is 10.5 Å². The fourth-order valence-electron chi connectivity index (χ4n) is 1.68. The smallest absolute Gasteiger partial charge is 0.124 e. The van der Waals surface area contributed by atoms with E-state index in [9.17, 15) is 0 Å². The van der Waals surface area contributed by atoms with E-state index in [0.29, 0.717) is 22.4 Å². The van der Waals surface area contributed by atoms with Crippen LogP contribution in [-0.4, -0.2) is 4.98 Å². The second kappa shape index (κ2) is 6.24. The van der Waals surface area contributed by atoms with Crippen LogP contribution in [0.4, 0.5) is 0 Å². The number of hydrogen-bond donors (Lipinski definition) is 1. The maximum absolute atomic E-state index is 6.03. The standard InChI is InChI=1S/C14H14Cl2N2O/c1-9(17)12-6-11(15)2-3-14(12)19-8-10-4-5-18-7-13(10)16/h2-7,9H,8,17H2,1H3/t9-/m1/s1. The molecule has 0 radical (unpaired) electrons. The van der Waals surface area contributed by atoms with E-state index in [-0.39, 0.29) is 6.04 Å². The van der Waals surface area contributed by atoms with E-state index in [4.69, 9.17) is 33.7 Å². The largest absolute Gasteiger partial charge is 0.489 e. The summed E-state index contributed by atoms with van der Waals surface area (Å²) in [6.45, 7) is 2.25. The van der Waals surface area contributed by atoms with E-state index < -0.39 is 0 Å². The lowest BCUT2D eigenvalue weighted by molar-refractivity contribution is 0.301. The molecule has 0 bridgehead atoms. The number of nitrogens with zero attached hydrogens (tertiary/aromatic N) is 1. The zero-order valence-electron chi connectivity index (χ0n) is 10.4. The number of nitrogens with two attached hydrogens (primary N) is 1. The summed E-state index contributed by atoms with van der Waals surface area (Å²) in [7, 11) is 0. The number of pyridine rings is 1. The first-order valence-corrected chi connectivity index (χ1v) is 6.59. The molecule has 0 unspecified atom stereocenters. The predicted molar refractivity (Wildman–Crippen MR) is 77.6 cm³/mol. The van der Waals surface area contributed by atoms with Crippen molar-refractivity contribution < 1.29 is 4.74 Å². The van der Waals surface area contributed by atoms with Gasteiger partial charge in [0.15, 0.2) is 0 Å². The first-order chi connectivity index (χ1) is 9.08. The van der Waals surface area contributed by atoms with Crippen LogP contribution in [0.1, 0.15) is 24.1 Å². The second-order valence-electron chi connectivity index (χ2n) is 4.23. The Kier molecular flexibility index (Phi) is 4.64. The van der Waals surface area contributed by atoms with Gasteiger partial charge in [0.1, 0.15) is 12.4 Å². The van der Waals surface area contributed by atoms with Gasteiger partial charge in [0.25, 0.3) is 0 Å². The number of benzene rings is 1. The third kappa shape index (κ3) is 3.60. The Balaban J connectivity index is 2.18. The third-order valence-electron chi connectivity index (χ3n) is 2.70. The molecule has 100 valence electrons. The van der Waals surface area contributed by atoms with Crippen molar-refractivity contribution in [2.75, 3.05) is 0 Å². The van der Waals surface area contributed by atoms with Gasteiger partial charge in [-0.3, -0.25) is 4.98 Å². The lowest BCUT2D eigenvalue weighted by Gasteiger charge is -2.14. The molecular weight excluding hydrogens is 283 g/mol. The molecule has 1 aromatic carbocycles. The highest BCUT2D eigenvalue weighted by molar-refractivity contribution is 6.31. The molecule has 1 aromatic heterocycles. The van der Waals surface area contributed by atoms with Crippen molar-refractivity contribution in [2.24, 2.45) is 5.73 Å². The summed E-state index contributed by atoms with van der Waals surface area (Å²) in [4.78, 5) is 3.93. The molecular formula is C14H14Cl2N2O. The molecule has 2 aromatic rings. The van der Waals surface area contributed by atoms with Crippen molar-refractivity contribution in [1.82, 2.24) is 4.98 Å². The second-order valence-corrected chi connectivity index (χ2v) is 5.07. The Hall–Kier alpha value is -1.29. The monoisotopic (exact) mass is 296 g/mol. The molecule has 2 rings (SSSR count). The van der Waals surface area contributed by atoms with Gasteiger partial charge in [-0.2, -0.15) is 0 Å². The average Bonchev–Trinajstić information content (AvgIpc) is 2.38. The van der Waals surface area contributed by atoms with Crippen molar-refractivity contribution in [2.45, 2.75) is 19.6 Å². The Bertz CT molecular complexity index is 573. The lowest BCUT2D eigenvalue weighted by Crippen LogP contribution is -2.08. The number of aromatic nitrogens is 1. The van der Waals surface area contributed by atoms with Crippen molar-refractivity contribution in [3.05, 3.63) is 57.8 Å². The minimum atomic E-state index is -0.151. The normalized spacial score (nSPS) is 12.2. The minimum absolute atomic E-state index is 0.151. The van der Waals surface area contributed by atoms with Crippen molar-refractivity contribution in [3.8, 4) is 5.75 Å². The first-order valence-electron chi connectivity index (χ1n) is 5.84. The van der Waals surface area contributed by atoms with Crippen LogP contribution >= 0.6 is 23.2 Å². The van der Waals surface area contributed by atoms with E-state index in [1.807, 2.05) is 25.1 Å². The Morgan fingerprint density at radius 3 is 2.79 bits per heavy atom. The summed E-state index contributed by atoms with van der Waals surface area (Å²) in [5.41, 5.74) is 7.66. The van der Waals surface area contributed by atoms with Crippen LogP contribution in [0.3, 0.4) is 0 Å². The van der Waals surface area contributed by atoms with Crippen LogP contribution in [-0.2, 0) is 6.61 Å². The van der Waals surface area contributed by atoms with E-state index in [2.05, 4.69) is 4.98 Å². The van der Waals surface area contributed by atoms with E-state index in [1.165, 1.54) is 0 Å². The van der Waals surface area contributed by atoms with Crippen LogP contribution in [0.5, 0.6) is 5.75 Å². The first kappa shape index (κ1) is 14.1. The van der Waals surface area contributed by atoms with Gasteiger partial charge >= 0.3 is 0 Å². The summed E-state index contributed by atoms with van der Waals surface area (Å²) < 4.78 is 5.77. The number of ether oxygens (including phenoxy) is 1. The van der Waals surface area contributed by atoms with Gasteiger partial charge in [-0.25, -0.2) is 0 Å². The zero-order valence-corrected chi connectivity index (χ0v) is 11.9. The molecule has 5 heteroatoms. The molecule has 0 aliphatic carbocycles. The van der Waals surface area contributed by atoms with Gasteiger partial charge in [-0.15, -0.1) is 0 Å². The van der Waals surface area contributed by atoms with Gasteiger partial charge in [0, 0.05) is 34.6 Å². The van der Waals surface area contributed by atoms with Gasteiger partial charge in [0.2, 0.25) is 0 Å². The quantitative estimate of drug-likeness (QED) is 0.928. The topological polar surface area (TPSA) is 48.1 Å². The van der Waals surface area contributed by atoms with Gasteiger partial charge in [-0.05, 0) is 31.2 Å². The minimum Gasteiger partial charge on any atom is -0.489 e. The molecule has 0 saturated carbocycles. The molecule has 3 nitrogen and oxygen atoms in total. The maximum atomic E-state index is 6.03. The van der Waals surface area contributed by atoms with Crippen LogP contribution in [0.15, 0.2) is 36.7 Å². The SMILES string of the molecule is C[C@@H](N)c1cc(Cl)ccc1OCc1ccncc1Cl. The third-order valence-corrected chi connectivity index (χ3v) is 3.28.